The molecule has 5 N–H and O–H groups in total. The van der Waals surface area contributed by atoms with E-state index < -0.39 is 70.5 Å². The minimum atomic E-state index is -0.726. The van der Waals surface area contributed by atoms with Crippen molar-refractivity contribution in [3.63, 3.8) is 0 Å². The summed E-state index contributed by atoms with van der Waals surface area (Å²) in [4.78, 5) is 89.6. The van der Waals surface area contributed by atoms with Crippen molar-refractivity contribution in [3.8, 4) is 33.4 Å². The van der Waals surface area contributed by atoms with Crippen molar-refractivity contribution in [1.29, 1.82) is 0 Å². The van der Waals surface area contributed by atoms with E-state index in [0.717, 1.165) is 17.5 Å². The first-order chi connectivity index (χ1) is 45.9. The highest BCUT2D eigenvalue weighted by Crippen LogP contribution is 2.35. The van der Waals surface area contributed by atoms with Crippen molar-refractivity contribution < 1.29 is 69.3 Å². The number of carbonyl (C=O) groups excluding carboxylic acids is 6. The second kappa shape index (κ2) is 29.5. The predicted octanol–water partition coefficient (Wildman–Crippen LogP) is 17.3. The SMILES string of the molecule is CC(C)OC(=O)c1cc2c(NC(=O)c3cc(-c4cccc(F)c4)ccc3F)cncc2[nH]1.CC(C)OC(=O)c1cc2cccc(NC(=O)c3cc(-c4cccc(F)c4)ccc3F)c2s1.CC(C)OC(=O)c1cc2cncc(NC(=O)c3cc(-c4cccc(F)c4)ccc3F)c2[nH]1. The Kier molecular flexibility index (Phi) is 20.6. The highest BCUT2D eigenvalue weighted by molar-refractivity contribution is 7.21. The lowest BCUT2D eigenvalue weighted by atomic mass is 10.0. The number of nitrogens with zero attached hydrogens (tertiary/aromatic N) is 2. The molecule has 0 fully saturated rings. The fourth-order valence-electron chi connectivity index (χ4n) is 9.82. The Bertz CT molecular complexity index is 4480. The monoisotopic (exact) mass is 1320 g/mol. The Hall–Kier alpha value is -11.7. The summed E-state index contributed by atoms with van der Waals surface area (Å²) in [5.41, 5.74) is 4.86. The number of halogens is 6. The number of aromatic amines is 2. The number of nitrogens with one attached hydrogen (secondary N) is 5. The number of H-pyrrole nitrogens is 2. The van der Waals surface area contributed by atoms with Crippen LogP contribution in [0.1, 0.15) is 103 Å². The predicted molar refractivity (Wildman–Crippen MR) is 355 cm³/mol. The number of thiophene rings is 1. The molecular weight excluding hydrogens is 1260 g/mol. The quantitative estimate of drug-likeness (QED) is 0.0369. The average molecular weight is 1320 g/mol. The first-order valence-electron chi connectivity index (χ1n) is 29.6. The zero-order chi connectivity index (χ0) is 68.5. The van der Waals surface area contributed by atoms with E-state index in [-0.39, 0.29) is 52.1 Å². The van der Waals surface area contributed by atoms with Crippen LogP contribution in [0.3, 0.4) is 0 Å². The zero-order valence-electron chi connectivity index (χ0n) is 51.9. The molecule has 0 unspecified atom stereocenters. The van der Waals surface area contributed by atoms with E-state index in [0.29, 0.717) is 76.1 Å². The fraction of sp³-hybridized carbons (Fsp3) is 0.123. The van der Waals surface area contributed by atoms with Gasteiger partial charge in [-0.2, -0.15) is 0 Å². The highest BCUT2D eigenvalue weighted by Gasteiger charge is 2.23. The van der Waals surface area contributed by atoms with Gasteiger partial charge < -0.3 is 40.1 Å². The van der Waals surface area contributed by atoms with Crippen molar-refractivity contribution in [2.24, 2.45) is 0 Å². The van der Waals surface area contributed by atoms with E-state index in [4.69, 9.17) is 14.2 Å². The van der Waals surface area contributed by atoms with Crippen LogP contribution in [-0.2, 0) is 14.2 Å². The number of carbonyl (C=O) groups is 6. The van der Waals surface area contributed by atoms with Crippen molar-refractivity contribution in [1.82, 2.24) is 19.9 Å². The molecule has 0 saturated heterocycles. The number of amides is 3. The highest BCUT2D eigenvalue weighted by atomic mass is 32.1. The Morgan fingerprint density at radius 3 is 1.30 bits per heavy atom. The van der Waals surface area contributed by atoms with Crippen LogP contribution < -0.4 is 16.0 Å². The second-order valence-corrected chi connectivity index (χ2v) is 23.4. The van der Waals surface area contributed by atoms with Gasteiger partial charge in [0.05, 0.1) is 86.4 Å². The largest absolute Gasteiger partial charge is 0.459 e. The number of ether oxygens (including phenoxy) is 3. The molecule has 0 aliphatic carbocycles. The molecule has 16 nitrogen and oxygen atoms in total. The molecule has 23 heteroatoms. The summed E-state index contributed by atoms with van der Waals surface area (Å²) in [7, 11) is 0. The van der Waals surface area contributed by atoms with Crippen LogP contribution >= 0.6 is 11.3 Å². The second-order valence-electron chi connectivity index (χ2n) is 22.3. The van der Waals surface area contributed by atoms with E-state index in [9.17, 15) is 55.1 Å². The molecule has 0 aliphatic heterocycles. The molecule has 486 valence electrons. The fourth-order valence-corrected chi connectivity index (χ4v) is 10.8. The topological polar surface area (TPSA) is 224 Å². The van der Waals surface area contributed by atoms with Gasteiger partial charge in [0, 0.05) is 17.0 Å². The molecule has 7 aromatic carbocycles. The molecule has 3 amide bonds. The lowest BCUT2D eigenvalue weighted by Gasteiger charge is -2.09. The molecule has 0 bridgehead atoms. The van der Waals surface area contributed by atoms with Crippen LogP contribution in [-0.4, -0.2) is 73.9 Å². The summed E-state index contributed by atoms with van der Waals surface area (Å²) in [6.45, 7) is 10.5. The molecule has 5 aromatic heterocycles. The third-order valence-electron chi connectivity index (χ3n) is 14.1. The number of anilines is 3. The average Bonchev–Trinajstić information content (AvgIpc) is 1.60. The van der Waals surface area contributed by atoms with Gasteiger partial charge in [-0.25, -0.2) is 40.7 Å². The lowest BCUT2D eigenvalue weighted by Crippen LogP contribution is -2.14. The summed E-state index contributed by atoms with van der Waals surface area (Å²) in [5.74, 6) is -7.02. The van der Waals surface area contributed by atoms with Crippen LogP contribution in [0.25, 0.3) is 65.3 Å². The van der Waals surface area contributed by atoms with Crippen molar-refractivity contribution in [3.05, 3.63) is 256 Å². The third kappa shape index (κ3) is 16.2. The van der Waals surface area contributed by atoms with Gasteiger partial charge >= 0.3 is 17.9 Å². The molecule has 0 atom stereocenters. The maximum atomic E-state index is 14.5. The number of esters is 3. The first kappa shape index (κ1) is 67.2. The summed E-state index contributed by atoms with van der Waals surface area (Å²) in [6, 6.07) is 39.5. The minimum absolute atomic E-state index is 0.167. The Morgan fingerprint density at radius 2 is 0.823 bits per heavy atom. The first-order valence-corrected chi connectivity index (χ1v) is 30.5. The summed E-state index contributed by atoms with van der Waals surface area (Å²) >= 11 is 1.19. The van der Waals surface area contributed by atoms with E-state index in [1.54, 1.807) is 90.1 Å². The van der Waals surface area contributed by atoms with E-state index in [1.165, 1.54) is 133 Å². The zero-order valence-corrected chi connectivity index (χ0v) is 52.7. The smallest absolute Gasteiger partial charge is 0.355 e. The van der Waals surface area contributed by atoms with Gasteiger partial charge in [-0.3, -0.25) is 24.4 Å². The van der Waals surface area contributed by atoms with Crippen LogP contribution in [0.4, 0.5) is 43.4 Å². The van der Waals surface area contributed by atoms with Gasteiger partial charge in [0.15, 0.2) is 0 Å². The minimum Gasteiger partial charge on any atom is -0.459 e. The Balaban J connectivity index is 0.000000157. The van der Waals surface area contributed by atoms with Crippen molar-refractivity contribution in [2.45, 2.75) is 59.9 Å². The summed E-state index contributed by atoms with van der Waals surface area (Å²) in [5, 5.41) is 9.85. The van der Waals surface area contributed by atoms with Crippen LogP contribution in [0, 0.1) is 34.9 Å². The Labute approximate surface area is 548 Å². The van der Waals surface area contributed by atoms with E-state index in [2.05, 4.69) is 35.9 Å². The van der Waals surface area contributed by atoms with Crippen LogP contribution in [0.5, 0.6) is 0 Å². The summed E-state index contributed by atoms with van der Waals surface area (Å²) in [6.07, 6.45) is 4.99. The summed E-state index contributed by atoms with van der Waals surface area (Å²) < 4.78 is 100. The molecule has 12 rings (SSSR count). The number of benzene rings is 7. The molecule has 0 spiro atoms. The van der Waals surface area contributed by atoms with Gasteiger partial charge in [-0.05, 0) is 177 Å². The van der Waals surface area contributed by atoms with Gasteiger partial charge in [0.1, 0.15) is 51.2 Å². The molecule has 0 saturated carbocycles. The number of aromatic nitrogens is 4. The van der Waals surface area contributed by atoms with Crippen LogP contribution in [0.2, 0.25) is 0 Å². The van der Waals surface area contributed by atoms with Crippen molar-refractivity contribution >= 4 is 95.9 Å². The van der Waals surface area contributed by atoms with Gasteiger partial charge in [0.25, 0.3) is 17.7 Å². The number of hydrogen-bond donors (Lipinski definition) is 5. The van der Waals surface area contributed by atoms with Gasteiger partial charge in [-0.1, -0.05) is 66.7 Å². The number of fused-ring (bicyclic) bond motifs is 3. The molecule has 12 aromatic rings. The maximum absolute atomic E-state index is 14.5. The van der Waals surface area contributed by atoms with Gasteiger partial charge in [0.2, 0.25) is 0 Å². The molecule has 0 radical (unpaired) electrons. The molecular formula is C73H57F6N7O9S. The van der Waals surface area contributed by atoms with E-state index >= 15 is 0 Å². The standard InChI is InChI=1S/C25H19F2NO3S.2C24H19F2N3O3/c1-14(2)31-25(30)22-13-17-6-4-8-21(23(17)32-22)28-24(29)19-12-16(9-10-20(19)27)15-5-3-7-18(26)11-15;1-13(2)32-24(31)20-10-16-11-27-12-21(22(16)28-20)29-23(30)18-9-15(6-7-19(18)26)14-4-3-5-17(25)8-14;1-13(2)32-24(31)20-10-18-21(28-20)11-27-12-22(18)29-23(30)17-9-15(6-7-19(17)26)14-4-3-5-16(25)8-14/h3-14H,1-2H3,(H,28,29);2*3-13,28H,1-2H3,(H,29,30). The molecule has 0 aliphatic rings. The number of hydrogen-bond acceptors (Lipinski definition) is 12. The molecule has 96 heavy (non-hydrogen) atoms. The maximum Gasteiger partial charge on any atom is 0.355 e. The third-order valence-corrected chi connectivity index (χ3v) is 15.3. The lowest BCUT2D eigenvalue weighted by molar-refractivity contribution is 0.0361. The number of rotatable bonds is 15. The normalized spacial score (nSPS) is 11.0. The Morgan fingerprint density at radius 1 is 0.406 bits per heavy atom. The van der Waals surface area contributed by atoms with Crippen molar-refractivity contribution in [2.75, 3.05) is 16.0 Å². The number of pyridine rings is 2. The van der Waals surface area contributed by atoms with Gasteiger partial charge in [-0.15, -0.1) is 11.3 Å². The van der Waals surface area contributed by atoms with E-state index in [1.807, 2.05) is 6.07 Å². The molecule has 5 heterocycles. The van der Waals surface area contributed by atoms with Crippen LogP contribution in [0.15, 0.2) is 189 Å².